The van der Waals surface area contributed by atoms with Crippen molar-refractivity contribution in [2.24, 2.45) is 5.92 Å². The van der Waals surface area contributed by atoms with E-state index in [1.165, 1.54) is 12.0 Å². The number of nitrogens with zero attached hydrogens (tertiary/aromatic N) is 2. The predicted octanol–water partition coefficient (Wildman–Crippen LogP) is 3.20. The van der Waals surface area contributed by atoms with Gasteiger partial charge in [0, 0.05) is 19.0 Å². The molecule has 2 atom stereocenters. The molecule has 1 fully saturated rings. The topological polar surface area (TPSA) is 27.0 Å². The van der Waals surface area contributed by atoms with Crippen molar-refractivity contribution in [1.29, 1.82) is 5.26 Å². The molecular weight excluding hydrogens is 208 g/mol. The minimum atomic E-state index is 0.578. The number of benzene rings is 1. The van der Waals surface area contributed by atoms with Crippen LogP contribution in [0.25, 0.3) is 0 Å². The minimum absolute atomic E-state index is 0.578. The van der Waals surface area contributed by atoms with Gasteiger partial charge in [-0.3, -0.25) is 4.90 Å². The quantitative estimate of drug-likeness (QED) is 0.791. The van der Waals surface area contributed by atoms with Crippen LogP contribution in [-0.4, -0.2) is 17.5 Å². The number of rotatable bonds is 4. The lowest BCUT2D eigenvalue weighted by atomic mass is 9.95. The van der Waals surface area contributed by atoms with Crippen LogP contribution in [-0.2, 0) is 6.54 Å². The Labute approximate surface area is 104 Å². The van der Waals surface area contributed by atoms with Crippen LogP contribution in [0.3, 0.4) is 0 Å². The summed E-state index contributed by atoms with van der Waals surface area (Å²) in [5.74, 6) is 0.578. The van der Waals surface area contributed by atoms with Gasteiger partial charge < -0.3 is 0 Å². The van der Waals surface area contributed by atoms with E-state index in [0.29, 0.717) is 18.4 Å². The number of likely N-dealkylation sites (tertiary alicyclic amines) is 1. The summed E-state index contributed by atoms with van der Waals surface area (Å²) in [5, 5.41) is 8.85. The zero-order valence-electron chi connectivity index (χ0n) is 10.5. The molecule has 1 aromatic rings. The molecule has 0 N–H and O–H groups in total. The zero-order valence-corrected chi connectivity index (χ0v) is 10.5. The van der Waals surface area contributed by atoms with Crippen molar-refractivity contribution in [3.05, 3.63) is 35.9 Å². The van der Waals surface area contributed by atoms with Crippen molar-refractivity contribution in [3.63, 3.8) is 0 Å². The van der Waals surface area contributed by atoms with Crippen molar-refractivity contribution >= 4 is 0 Å². The van der Waals surface area contributed by atoms with Crippen LogP contribution >= 0.6 is 0 Å². The Morgan fingerprint density at radius 2 is 2.12 bits per heavy atom. The van der Waals surface area contributed by atoms with Crippen LogP contribution in [0, 0.1) is 17.2 Å². The molecule has 1 aliphatic rings. The van der Waals surface area contributed by atoms with Crippen molar-refractivity contribution < 1.29 is 0 Å². The summed E-state index contributed by atoms with van der Waals surface area (Å²) >= 11 is 0. The molecule has 2 nitrogen and oxygen atoms in total. The third-order valence-electron chi connectivity index (χ3n) is 3.80. The largest absolute Gasteiger partial charge is 0.296 e. The Balaban J connectivity index is 2.00. The highest BCUT2D eigenvalue weighted by Crippen LogP contribution is 2.30. The first kappa shape index (κ1) is 12.1. The van der Waals surface area contributed by atoms with E-state index < -0.39 is 0 Å². The molecule has 1 saturated heterocycles. The lowest BCUT2D eigenvalue weighted by Gasteiger charge is -2.26. The molecule has 1 aliphatic heterocycles. The summed E-state index contributed by atoms with van der Waals surface area (Å²) in [5.41, 5.74) is 1.38. The minimum Gasteiger partial charge on any atom is -0.296 e. The summed E-state index contributed by atoms with van der Waals surface area (Å²) in [6, 6.07) is 13.5. The van der Waals surface area contributed by atoms with Gasteiger partial charge in [0.15, 0.2) is 0 Å². The lowest BCUT2D eigenvalue weighted by molar-refractivity contribution is 0.212. The van der Waals surface area contributed by atoms with Gasteiger partial charge in [0.05, 0.1) is 6.07 Å². The predicted molar refractivity (Wildman–Crippen MR) is 69.3 cm³/mol. The van der Waals surface area contributed by atoms with Gasteiger partial charge in [-0.15, -0.1) is 0 Å². The van der Waals surface area contributed by atoms with Gasteiger partial charge in [-0.2, -0.15) is 5.26 Å². The third-order valence-corrected chi connectivity index (χ3v) is 3.80. The van der Waals surface area contributed by atoms with Gasteiger partial charge in [0.1, 0.15) is 0 Å². The second kappa shape index (κ2) is 5.84. The second-order valence-electron chi connectivity index (χ2n) is 4.84. The SMILES string of the molecule is CCC1C(CC#N)CCN1Cc1ccccc1. The maximum atomic E-state index is 8.85. The fourth-order valence-corrected chi connectivity index (χ4v) is 2.95. The van der Waals surface area contributed by atoms with E-state index >= 15 is 0 Å². The maximum absolute atomic E-state index is 8.85. The van der Waals surface area contributed by atoms with E-state index in [1.54, 1.807) is 0 Å². The smallest absolute Gasteiger partial charge is 0.0625 e. The van der Waals surface area contributed by atoms with Crippen LogP contribution in [0.15, 0.2) is 30.3 Å². The van der Waals surface area contributed by atoms with E-state index in [-0.39, 0.29) is 0 Å². The lowest BCUT2D eigenvalue weighted by Crippen LogP contribution is -2.31. The molecule has 0 aliphatic carbocycles. The molecule has 2 unspecified atom stereocenters. The molecule has 0 saturated carbocycles. The first-order valence-electron chi connectivity index (χ1n) is 6.50. The fraction of sp³-hybridized carbons (Fsp3) is 0.533. The summed E-state index contributed by atoms with van der Waals surface area (Å²) in [7, 11) is 0. The van der Waals surface area contributed by atoms with Crippen LogP contribution in [0.2, 0.25) is 0 Å². The molecular formula is C15H20N2. The third kappa shape index (κ3) is 2.87. The molecule has 2 heteroatoms. The maximum Gasteiger partial charge on any atom is 0.0625 e. The fourth-order valence-electron chi connectivity index (χ4n) is 2.95. The molecule has 0 radical (unpaired) electrons. The average Bonchev–Trinajstić information content (AvgIpc) is 2.73. The van der Waals surface area contributed by atoms with Gasteiger partial charge in [0.25, 0.3) is 0 Å². The number of hydrogen-bond acceptors (Lipinski definition) is 2. The van der Waals surface area contributed by atoms with E-state index in [9.17, 15) is 0 Å². The molecule has 1 heterocycles. The van der Waals surface area contributed by atoms with Gasteiger partial charge in [-0.05, 0) is 30.9 Å². The molecule has 0 aromatic heterocycles. The Kier molecular flexibility index (Phi) is 4.17. The molecule has 1 aromatic carbocycles. The van der Waals surface area contributed by atoms with Gasteiger partial charge >= 0.3 is 0 Å². The second-order valence-corrected chi connectivity index (χ2v) is 4.84. The Bertz CT molecular complexity index is 380. The highest BCUT2D eigenvalue weighted by molar-refractivity contribution is 5.15. The molecule has 2 rings (SSSR count). The van der Waals surface area contributed by atoms with Crippen LogP contribution in [0.4, 0.5) is 0 Å². The monoisotopic (exact) mass is 228 g/mol. The zero-order chi connectivity index (χ0) is 12.1. The van der Waals surface area contributed by atoms with Crippen molar-refractivity contribution in [2.75, 3.05) is 6.54 Å². The average molecular weight is 228 g/mol. The molecule has 0 spiro atoms. The normalized spacial score (nSPS) is 24.7. The Morgan fingerprint density at radius 3 is 2.76 bits per heavy atom. The van der Waals surface area contributed by atoms with Crippen molar-refractivity contribution in [3.8, 4) is 6.07 Å². The molecule has 0 amide bonds. The van der Waals surface area contributed by atoms with E-state index in [0.717, 1.165) is 19.5 Å². The number of hydrogen-bond donors (Lipinski definition) is 0. The van der Waals surface area contributed by atoms with Crippen molar-refractivity contribution in [2.45, 2.75) is 38.8 Å². The molecule has 90 valence electrons. The number of nitriles is 1. The van der Waals surface area contributed by atoms with Gasteiger partial charge in [-0.1, -0.05) is 37.3 Å². The highest BCUT2D eigenvalue weighted by atomic mass is 15.2. The van der Waals surface area contributed by atoms with Crippen LogP contribution in [0.5, 0.6) is 0 Å². The molecule has 0 bridgehead atoms. The summed E-state index contributed by atoms with van der Waals surface area (Å²) in [6.45, 7) is 4.40. The standard InChI is InChI=1S/C15H20N2/c1-2-15-14(8-10-16)9-11-17(15)12-13-6-4-3-5-7-13/h3-7,14-15H,2,8-9,11-12H2,1H3. The van der Waals surface area contributed by atoms with Crippen molar-refractivity contribution in [1.82, 2.24) is 4.90 Å². The van der Waals surface area contributed by atoms with Crippen LogP contribution < -0.4 is 0 Å². The Morgan fingerprint density at radius 1 is 1.35 bits per heavy atom. The first-order chi connectivity index (χ1) is 8.35. The van der Waals surface area contributed by atoms with Crippen LogP contribution in [0.1, 0.15) is 31.7 Å². The van der Waals surface area contributed by atoms with E-state index in [4.69, 9.17) is 5.26 Å². The summed E-state index contributed by atoms with van der Waals surface area (Å²) in [4.78, 5) is 2.54. The van der Waals surface area contributed by atoms with E-state index in [1.807, 2.05) is 0 Å². The van der Waals surface area contributed by atoms with Gasteiger partial charge in [-0.25, -0.2) is 0 Å². The van der Waals surface area contributed by atoms with Gasteiger partial charge in [0.2, 0.25) is 0 Å². The Hall–Kier alpha value is -1.33. The summed E-state index contributed by atoms with van der Waals surface area (Å²) < 4.78 is 0. The first-order valence-corrected chi connectivity index (χ1v) is 6.50. The molecule has 17 heavy (non-hydrogen) atoms. The highest BCUT2D eigenvalue weighted by Gasteiger charge is 2.32. The van der Waals surface area contributed by atoms with E-state index in [2.05, 4.69) is 48.2 Å². The summed E-state index contributed by atoms with van der Waals surface area (Å²) in [6.07, 6.45) is 3.04.